The van der Waals surface area contributed by atoms with Crippen molar-refractivity contribution in [2.24, 2.45) is 11.7 Å². The summed E-state index contributed by atoms with van der Waals surface area (Å²) < 4.78 is 1.14. The number of benzene rings is 1. The van der Waals surface area contributed by atoms with E-state index in [1.54, 1.807) is 0 Å². The number of carbonyl (C=O) groups excluding carboxylic acids is 1. The molecule has 0 saturated carbocycles. The zero-order chi connectivity index (χ0) is 13.1. The van der Waals surface area contributed by atoms with Crippen LogP contribution in [0.25, 0.3) is 10.1 Å². The monoisotopic (exact) mass is 262 g/mol. The molecule has 96 valence electrons. The van der Waals surface area contributed by atoms with Gasteiger partial charge >= 0.3 is 0 Å². The first-order chi connectivity index (χ1) is 8.61. The van der Waals surface area contributed by atoms with Gasteiger partial charge in [-0.15, -0.1) is 11.3 Å². The van der Waals surface area contributed by atoms with E-state index in [9.17, 15) is 4.79 Å². The van der Waals surface area contributed by atoms with Crippen LogP contribution in [-0.2, 0) is 0 Å². The summed E-state index contributed by atoms with van der Waals surface area (Å²) in [7, 11) is 0. The van der Waals surface area contributed by atoms with Crippen molar-refractivity contribution >= 4 is 27.3 Å². The summed E-state index contributed by atoms with van der Waals surface area (Å²) in [6.45, 7) is 4.58. The van der Waals surface area contributed by atoms with Gasteiger partial charge in [0.1, 0.15) is 0 Å². The van der Waals surface area contributed by atoms with Crippen LogP contribution >= 0.6 is 11.3 Å². The van der Waals surface area contributed by atoms with Gasteiger partial charge in [0.2, 0.25) is 0 Å². The second-order valence-electron chi connectivity index (χ2n) is 4.71. The van der Waals surface area contributed by atoms with Gasteiger partial charge in [-0.2, -0.15) is 0 Å². The summed E-state index contributed by atoms with van der Waals surface area (Å²) in [6, 6.07) is 9.97. The Balaban J connectivity index is 2.18. The van der Waals surface area contributed by atoms with E-state index < -0.39 is 0 Å². The lowest BCUT2D eigenvalue weighted by atomic mass is 10.0. The highest BCUT2D eigenvalue weighted by Gasteiger charge is 2.17. The third-order valence-electron chi connectivity index (χ3n) is 3.02. The van der Waals surface area contributed by atoms with Crippen LogP contribution in [0.15, 0.2) is 30.3 Å². The highest BCUT2D eigenvalue weighted by atomic mass is 32.1. The normalized spacial score (nSPS) is 12.9. The summed E-state index contributed by atoms with van der Waals surface area (Å²) in [5, 5.41) is 4.10. The number of hydrogen-bond acceptors (Lipinski definition) is 3. The molecule has 1 aromatic carbocycles. The van der Waals surface area contributed by atoms with Crippen molar-refractivity contribution in [3.63, 3.8) is 0 Å². The molecule has 1 unspecified atom stereocenters. The first-order valence-corrected chi connectivity index (χ1v) is 6.93. The van der Waals surface area contributed by atoms with E-state index in [0.29, 0.717) is 12.5 Å². The zero-order valence-corrected chi connectivity index (χ0v) is 11.5. The molecule has 2 aromatic rings. The number of carbonyl (C=O) groups is 1. The van der Waals surface area contributed by atoms with Gasteiger partial charge < -0.3 is 11.1 Å². The number of nitrogens with two attached hydrogens (primary N) is 1. The molecule has 0 spiro atoms. The third-order valence-corrected chi connectivity index (χ3v) is 4.14. The fourth-order valence-corrected chi connectivity index (χ4v) is 2.80. The van der Waals surface area contributed by atoms with Crippen molar-refractivity contribution in [1.29, 1.82) is 0 Å². The van der Waals surface area contributed by atoms with Crippen LogP contribution in [0.2, 0.25) is 0 Å². The molecule has 0 aliphatic carbocycles. The smallest absolute Gasteiger partial charge is 0.261 e. The molecule has 1 aromatic heterocycles. The number of amides is 1. The molecule has 1 atom stereocenters. The first-order valence-electron chi connectivity index (χ1n) is 6.11. The average Bonchev–Trinajstić information content (AvgIpc) is 2.79. The predicted octanol–water partition coefficient (Wildman–Crippen LogP) is 2.61. The minimum atomic E-state index is -0.0275. The van der Waals surface area contributed by atoms with Crippen molar-refractivity contribution in [3.05, 3.63) is 35.2 Å². The van der Waals surface area contributed by atoms with Crippen molar-refractivity contribution < 1.29 is 4.79 Å². The number of thiophene rings is 1. The standard InChI is InChI=1S/C14H18N2OS/c1-9(2)11(8-15)16-14(17)13-7-10-5-3-4-6-12(10)18-13/h3-7,9,11H,8,15H2,1-2H3,(H,16,17). The topological polar surface area (TPSA) is 55.1 Å². The maximum Gasteiger partial charge on any atom is 0.261 e. The second-order valence-corrected chi connectivity index (χ2v) is 5.79. The second kappa shape index (κ2) is 5.50. The largest absolute Gasteiger partial charge is 0.347 e. The van der Waals surface area contributed by atoms with Gasteiger partial charge in [-0.3, -0.25) is 4.79 Å². The number of hydrogen-bond donors (Lipinski definition) is 2. The van der Waals surface area contributed by atoms with Crippen molar-refractivity contribution in [2.45, 2.75) is 19.9 Å². The summed E-state index contributed by atoms with van der Waals surface area (Å²) >= 11 is 1.52. The predicted molar refractivity (Wildman–Crippen MR) is 77.0 cm³/mol. The number of fused-ring (bicyclic) bond motifs is 1. The Labute approximate surface area is 111 Å². The van der Waals surface area contributed by atoms with E-state index in [4.69, 9.17) is 5.73 Å². The molecule has 1 heterocycles. The highest BCUT2D eigenvalue weighted by Crippen LogP contribution is 2.25. The third kappa shape index (κ3) is 2.71. The molecule has 0 fully saturated rings. The van der Waals surface area contributed by atoms with Crippen LogP contribution in [-0.4, -0.2) is 18.5 Å². The fourth-order valence-electron chi connectivity index (χ4n) is 1.83. The minimum Gasteiger partial charge on any atom is -0.347 e. The summed E-state index contributed by atoms with van der Waals surface area (Å²) in [5.74, 6) is 0.314. The Morgan fingerprint density at radius 3 is 2.72 bits per heavy atom. The molecule has 0 aliphatic heterocycles. The van der Waals surface area contributed by atoms with Crippen LogP contribution in [0.5, 0.6) is 0 Å². The van der Waals surface area contributed by atoms with Gasteiger partial charge in [-0.05, 0) is 23.4 Å². The molecule has 0 saturated heterocycles. The summed E-state index contributed by atoms with van der Waals surface area (Å²) in [4.78, 5) is 12.9. The Hall–Kier alpha value is -1.39. The van der Waals surface area contributed by atoms with E-state index in [2.05, 4.69) is 19.2 Å². The van der Waals surface area contributed by atoms with Crippen LogP contribution in [0.3, 0.4) is 0 Å². The molecule has 1 amide bonds. The van der Waals surface area contributed by atoms with E-state index in [-0.39, 0.29) is 11.9 Å². The molecular formula is C14H18N2OS. The van der Waals surface area contributed by atoms with E-state index in [0.717, 1.165) is 15.0 Å². The molecule has 0 aliphatic rings. The average molecular weight is 262 g/mol. The molecule has 2 rings (SSSR count). The van der Waals surface area contributed by atoms with Crippen LogP contribution in [0.1, 0.15) is 23.5 Å². The van der Waals surface area contributed by atoms with Gasteiger partial charge in [0.25, 0.3) is 5.91 Å². The molecule has 4 heteroatoms. The van der Waals surface area contributed by atoms with E-state index in [1.165, 1.54) is 11.3 Å². The Kier molecular flexibility index (Phi) is 3.99. The van der Waals surface area contributed by atoms with Gasteiger partial charge in [-0.25, -0.2) is 0 Å². The minimum absolute atomic E-state index is 0.0275. The van der Waals surface area contributed by atoms with Gasteiger partial charge in [-0.1, -0.05) is 32.0 Å². The SMILES string of the molecule is CC(C)C(CN)NC(=O)c1cc2ccccc2s1. The Morgan fingerprint density at radius 1 is 1.39 bits per heavy atom. The number of nitrogens with one attached hydrogen (secondary N) is 1. The van der Waals surface area contributed by atoms with Crippen LogP contribution in [0.4, 0.5) is 0 Å². The molecular weight excluding hydrogens is 244 g/mol. The lowest BCUT2D eigenvalue weighted by Gasteiger charge is -2.19. The molecule has 0 bridgehead atoms. The van der Waals surface area contributed by atoms with Crippen LogP contribution < -0.4 is 11.1 Å². The molecule has 0 radical (unpaired) electrons. The Bertz CT molecular complexity index is 514. The highest BCUT2D eigenvalue weighted by molar-refractivity contribution is 7.20. The van der Waals surface area contributed by atoms with E-state index >= 15 is 0 Å². The van der Waals surface area contributed by atoms with Crippen LogP contribution in [0, 0.1) is 5.92 Å². The fraction of sp³-hybridized carbons (Fsp3) is 0.357. The van der Waals surface area contributed by atoms with Crippen molar-refractivity contribution in [3.8, 4) is 0 Å². The quantitative estimate of drug-likeness (QED) is 0.890. The summed E-state index contributed by atoms with van der Waals surface area (Å²) in [5.41, 5.74) is 5.66. The van der Waals surface area contributed by atoms with Gasteiger partial charge in [0.15, 0.2) is 0 Å². The van der Waals surface area contributed by atoms with Crippen molar-refractivity contribution in [2.75, 3.05) is 6.54 Å². The molecule has 3 N–H and O–H groups in total. The lowest BCUT2D eigenvalue weighted by molar-refractivity contribution is 0.0932. The van der Waals surface area contributed by atoms with E-state index in [1.807, 2.05) is 30.3 Å². The maximum atomic E-state index is 12.1. The maximum absolute atomic E-state index is 12.1. The van der Waals surface area contributed by atoms with Gasteiger partial charge in [0, 0.05) is 17.3 Å². The summed E-state index contributed by atoms with van der Waals surface area (Å²) in [6.07, 6.45) is 0. The van der Waals surface area contributed by atoms with Gasteiger partial charge in [0.05, 0.1) is 4.88 Å². The number of rotatable bonds is 4. The molecule has 18 heavy (non-hydrogen) atoms. The zero-order valence-electron chi connectivity index (χ0n) is 10.6. The first kappa shape index (κ1) is 13.1. The molecule has 3 nitrogen and oxygen atoms in total. The Morgan fingerprint density at radius 2 is 2.11 bits per heavy atom. The van der Waals surface area contributed by atoms with Crippen molar-refractivity contribution in [1.82, 2.24) is 5.32 Å². The lowest BCUT2D eigenvalue weighted by Crippen LogP contribution is -2.43.